The molecule has 0 aliphatic carbocycles. The molecule has 1 fully saturated rings. The molecule has 4 heteroatoms. The Labute approximate surface area is 115 Å². The second-order valence-corrected chi connectivity index (χ2v) is 5.20. The van der Waals surface area contributed by atoms with Crippen LogP contribution in [0.5, 0.6) is 5.75 Å². The van der Waals surface area contributed by atoms with Gasteiger partial charge in [-0.3, -0.25) is 0 Å². The topological polar surface area (TPSA) is 56.5 Å². The highest BCUT2D eigenvalue weighted by Crippen LogP contribution is 2.24. The standard InChI is InChI=1S/C15H24N2O2/c1-2-19-14-5-3-13(4-6-14)7-8-17-10-15(9-16)11-18-12-15/h3-6,17H,2,7-12,16H2,1H3. The Morgan fingerprint density at radius 2 is 2.05 bits per heavy atom. The third kappa shape index (κ3) is 3.93. The van der Waals surface area contributed by atoms with E-state index in [0.717, 1.165) is 38.5 Å². The molecule has 0 amide bonds. The summed E-state index contributed by atoms with van der Waals surface area (Å²) in [6.45, 7) is 6.90. The van der Waals surface area contributed by atoms with Crippen LogP contribution in [-0.2, 0) is 11.2 Å². The molecule has 4 nitrogen and oxygen atoms in total. The van der Waals surface area contributed by atoms with Crippen LogP contribution in [0, 0.1) is 5.41 Å². The van der Waals surface area contributed by atoms with Crippen LogP contribution in [0.25, 0.3) is 0 Å². The SMILES string of the molecule is CCOc1ccc(CCNCC2(CN)COC2)cc1. The van der Waals surface area contributed by atoms with Crippen LogP contribution in [0.4, 0.5) is 0 Å². The lowest BCUT2D eigenvalue weighted by Crippen LogP contribution is -2.54. The highest BCUT2D eigenvalue weighted by Gasteiger charge is 2.36. The molecule has 1 saturated heterocycles. The van der Waals surface area contributed by atoms with E-state index in [0.29, 0.717) is 13.2 Å². The maximum atomic E-state index is 5.77. The average Bonchev–Trinajstić information content (AvgIpc) is 2.39. The summed E-state index contributed by atoms with van der Waals surface area (Å²) >= 11 is 0. The van der Waals surface area contributed by atoms with Crippen LogP contribution >= 0.6 is 0 Å². The summed E-state index contributed by atoms with van der Waals surface area (Å²) in [6, 6.07) is 8.30. The van der Waals surface area contributed by atoms with Crippen LogP contribution < -0.4 is 15.8 Å². The van der Waals surface area contributed by atoms with Gasteiger partial charge in [-0.2, -0.15) is 0 Å². The molecule has 0 unspecified atom stereocenters. The molecule has 0 spiro atoms. The van der Waals surface area contributed by atoms with Crippen molar-refractivity contribution in [2.75, 3.05) is 39.5 Å². The molecular formula is C15H24N2O2. The maximum Gasteiger partial charge on any atom is 0.119 e. The summed E-state index contributed by atoms with van der Waals surface area (Å²) in [6.07, 6.45) is 1.02. The molecule has 1 aliphatic rings. The Hall–Kier alpha value is -1.10. The van der Waals surface area contributed by atoms with Crippen molar-refractivity contribution in [3.05, 3.63) is 29.8 Å². The van der Waals surface area contributed by atoms with E-state index in [2.05, 4.69) is 17.4 Å². The van der Waals surface area contributed by atoms with Gasteiger partial charge in [0.15, 0.2) is 0 Å². The fourth-order valence-electron chi connectivity index (χ4n) is 2.19. The summed E-state index contributed by atoms with van der Waals surface area (Å²) in [7, 11) is 0. The minimum atomic E-state index is 0.179. The normalized spacial score (nSPS) is 16.9. The number of rotatable bonds is 8. The zero-order chi connectivity index (χ0) is 13.6. The lowest BCUT2D eigenvalue weighted by atomic mass is 9.86. The van der Waals surface area contributed by atoms with Crippen molar-refractivity contribution < 1.29 is 9.47 Å². The van der Waals surface area contributed by atoms with E-state index >= 15 is 0 Å². The molecule has 3 N–H and O–H groups in total. The minimum Gasteiger partial charge on any atom is -0.494 e. The second-order valence-electron chi connectivity index (χ2n) is 5.20. The van der Waals surface area contributed by atoms with Crippen molar-refractivity contribution in [2.24, 2.45) is 11.1 Å². The van der Waals surface area contributed by atoms with E-state index in [4.69, 9.17) is 15.2 Å². The van der Waals surface area contributed by atoms with Crippen molar-refractivity contribution in [2.45, 2.75) is 13.3 Å². The van der Waals surface area contributed by atoms with Crippen molar-refractivity contribution in [3.63, 3.8) is 0 Å². The van der Waals surface area contributed by atoms with Gasteiger partial charge in [0.05, 0.1) is 19.8 Å². The van der Waals surface area contributed by atoms with Crippen LogP contribution in [0.2, 0.25) is 0 Å². The van der Waals surface area contributed by atoms with Gasteiger partial charge in [0.25, 0.3) is 0 Å². The molecule has 0 aromatic heterocycles. The molecule has 1 aromatic rings. The Morgan fingerprint density at radius 3 is 2.58 bits per heavy atom. The molecule has 1 heterocycles. The Balaban J connectivity index is 1.67. The number of hydrogen-bond donors (Lipinski definition) is 2. The van der Waals surface area contributed by atoms with Gasteiger partial charge in [-0.05, 0) is 37.6 Å². The number of hydrogen-bond acceptors (Lipinski definition) is 4. The van der Waals surface area contributed by atoms with Crippen LogP contribution in [0.15, 0.2) is 24.3 Å². The zero-order valence-corrected chi connectivity index (χ0v) is 11.7. The number of ether oxygens (including phenoxy) is 2. The maximum absolute atomic E-state index is 5.77. The van der Waals surface area contributed by atoms with E-state index in [9.17, 15) is 0 Å². The lowest BCUT2D eigenvalue weighted by molar-refractivity contribution is -0.104. The van der Waals surface area contributed by atoms with Crippen LogP contribution in [0.3, 0.4) is 0 Å². The fraction of sp³-hybridized carbons (Fsp3) is 0.600. The van der Waals surface area contributed by atoms with E-state index < -0.39 is 0 Å². The number of benzene rings is 1. The average molecular weight is 264 g/mol. The monoisotopic (exact) mass is 264 g/mol. The first-order chi connectivity index (χ1) is 9.28. The summed E-state index contributed by atoms with van der Waals surface area (Å²) in [4.78, 5) is 0. The minimum absolute atomic E-state index is 0.179. The third-order valence-electron chi connectivity index (χ3n) is 3.57. The molecule has 106 valence electrons. The Morgan fingerprint density at radius 1 is 1.32 bits per heavy atom. The molecule has 0 bridgehead atoms. The first kappa shape index (κ1) is 14.3. The molecule has 1 aromatic carbocycles. The highest BCUT2D eigenvalue weighted by molar-refractivity contribution is 5.27. The summed E-state index contributed by atoms with van der Waals surface area (Å²) in [5, 5.41) is 3.48. The first-order valence-corrected chi connectivity index (χ1v) is 6.98. The smallest absolute Gasteiger partial charge is 0.119 e. The summed E-state index contributed by atoms with van der Waals surface area (Å²) in [5.41, 5.74) is 7.27. The molecule has 0 saturated carbocycles. The van der Waals surface area contributed by atoms with E-state index in [1.807, 2.05) is 19.1 Å². The summed E-state index contributed by atoms with van der Waals surface area (Å²) in [5.74, 6) is 0.938. The quantitative estimate of drug-likeness (QED) is 0.693. The van der Waals surface area contributed by atoms with Crippen LogP contribution in [-0.4, -0.2) is 39.5 Å². The van der Waals surface area contributed by atoms with Gasteiger partial charge in [-0.15, -0.1) is 0 Å². The highest BCUT2D eigenvalue weighted by atomic mass is 16.5. The van der Waals surface area contributed by atoms with E-state index in [-0.39, 0.29) is 5.41 Å². The van der Waals surface area contributed by atoms with Gasteiger partial charge >= 0.3 is 0 Å². The molecule has 1 aliphatic heterocycles. The predicted molar refractivity (Wildman–Crippen MR) is 76.5 cm³/mol. The summed E-state index contributed by atoms with van der Waals surface area (Å²) < 4.78 is 10.7. The van der Waals surface area contributed by atoms with Crippen molar-refractivity contribution in [1.29, 1.82) is 0 Å². The molecular weight excluding hydrogens is 240 g/mol. The Bertz CT molecular complexity index is 369. The molecule has 0 atom stereocenters. The zero-order valence-electron chi connectivity index (χ0n) is 11.7. The van der Waals surface area contributed by atoms with Crippen molar-refractivity contribution in [1.82, 2.24) is 5.32 Å². The van der Waals surface area contributed by atoms with Crippen molar-refractivity contribution in [3.8, 4) is 5.75 Å². The molecule has 2 rings (SSSR count). The third-order valence-corrected chi connectivity index (χ3v) is 3.57. The fourth-order valence-corrected chi connectivity index (χ4v) is 2.19. The van der Waals surface area contributed by atoms with E-state index in [1.54, 1.807) is 0 Å². The molecule has 0 radical (unpaired) electrons. The van der Waals surface area contributed by atoms with Gasteiger partial charge < -0.3 is 20.5 Å². The van der Waals surface area contributed by atoms with Gasteiger partial charge in [0, 0.05) is 18.5 Å². The second kappa shape index (κ2) is 6.89. The van der Waals surface area contributed by atoms with E-state index in [1.165, 1.54) is 5.56 Å². The number of nitrogens with one attached hydrogen (secondary N) is 1. The Kier molecular flexibility index (Phi) is 5.19. The first-order valence-electron chi connectivity index (χ1n) is 6.98. The van der Waals surface area contributed by atoms with Crippen molar-refractivity contribution >= 4 is 0 Å². The largest absolute Gasteiger partial charge is 0.494 e. The predicted octanol–water partition coefficient (Wildman–Crippen LogP) is 1.19. The number of nitrogens with two attached hydrogens (primary N) is 1. The van der Waals surface area contributed by atoms with Gasteiger partial charge in [-0.25, -0.2) is 0 Å². The van der Waals surface area contributed by atoms with Crippen LogP contribution in [0.1, 0.15) is 12.5 Å². The van der Waals surface area contributed by atoms with Gasteiger partial charge in [0.2, 0.25) is 0 Å². The van der Waals surface area contributed by atoms with Gasteiger partial charge in [-0.1, -0.05) is 12.1 Å². The molecule has 19 heavy (non-hydrogen) atoms. The van der Waals surface area contributed by atoms with Gasteiger partial charge in [0.1, 0.15) is 5.75 Å². The lowest BCUT2D eigenvalue weighted by Gasteiger charge is -2.40.